The van der Waals surface area contributed by atoms with Crippen molar-refractivity contribution in [3.8, 4) is 0 Å². The minimum Gasteiger partial charge on any atom is -0.387 e. The van der Waals surface area contributed by atoms with Crippen molar-refractivity contribution in [2.45, 2.75) is 30.8 Å². The Kier molecular flexibility index (Phi) is 5.67. The van der Waals surface area contributed by atoms with Crippen molar-refractivity contribution in [3.63, 3.8) is 0 Å². The molecule has 2 rings (SSSR count). The third-order valence-corrected chi connectivity index (χ3v) is 3.46. The highest BCUT2D eigenvalue weighted by atomic mass is 17.0. The highest BCUT2D eigenvalue weighted by Gasteiger charge is 2.49. The van der Waals surface area contributed by atoms with E-state index < -0.39 is 29.8 Å². The standard InChI is InChI=1S/C11H19N3O7/c15-4-9(16)13-3-1-2-12-7-5-19-11-8(21-14(17)18)6-20-10(7)11/h7-8,10-12,15H,1-6H2,(H,13,16). The van der Waals surface area contributed by atoms with Crippen molar-refractivity contribution in [2.24, 2.45) is 0 Å². The summed E-state index contributed by atoms with van der Waals surface area (Å²) >= 11 is 0. The predicted octanol–water partition coefficient (Wildman–Crippen LogP) is -2.18. The van der Waals surface area contributed by atoms with Crippen LogP contribution in [0, 0.1) is 10.1 Å². The van der Waals surface area contributed by atoms with Crippen LogP contribution in [0.2, 0.25) is 0 Å². The summed E-state index contributed by atoms with van der Waals surface area (Å²) in [5.74, 6) is -0.404. The third kappa shape index (κ3) is 4.24. The maximum absolute atomic E-state index is 10.8. The minimum atomic E-state index is -0.829. The Morgan fingerprint density at radius 1 is 1.33 bits per heavy atom. The molecule has 0 aromatic rings. The lowest BCUT2D eigenvalue weighted by atomic mass is 10.1. The first kappa shape index (κ1) is 15.9. The molecule has 0 aromatic heterocycles. The van der Waals surface area contributed by atoms with E-state index in [9.17, 15) is 14.9 Å². The quantitative estimate of drug-likeness (QED) is 0.262. The summed E-state index contributed by atoms with van der Waals surface area (Å²) in [6.07, 6.45) is -0.682. The van der Waals surface area contributed by atoms with E-state index >= 15 is 0 Å². The molecule has 1 amide bonds. The number of aliphatic hydroxyl groups excluding tert-OH is 1. The molecule has 2 fully saturated rings. The van der Waals surface area contributed by atoms with E-state index in [1.165, 1.54) is 0 Å². The van der Waals surface area contributed by atoms with Crippen molar-refractivity contribution in [1.29, 1.82) is 0 Å². The molecule has 21 heavy (non-hydrogen) atoms. The zero-order valence-electron chi connectivity index (χ0n) is 11.4. The first-order valence-electron chi connectivity index (χ1n) is 6.77. The van der Waals surface area contributed by atoms with Crippen LogP contribution in [0.1, 0.15) is 6.42 Å². The van der Waals surface area contributed by atoms with Crippen LogP contribution in [0.5, 0.6) is 0 Å². The number of hydrogen-bond donors (Lipinski definition) is 3. The van der Waals surface area contributed by atoms with Crippen molar-refractivity contribution in [2.75, 3.05) is 32.9 Å². The lowest BCUT2D eigenvalue weighted by Crippen LogP contribution is -2.42. The molecule has 4 unspecified atom stereocenters. The zero-order chi connectivity index (χ0) is 15.2. The van der Waals surface area contributed by atoms with Crippen LogP contribution in [-0.4, -0.2) is 73.4 Å². The summed E-state index contributed by atoms with van der Waals surface area (Å²) in [6.45, 7) is 1.12. The van der Waals surface area contributed by atoms with E-state index in [1.807, 2.05) is 0 Å². The molecule has 2 heterocycles. The molecular weight excluding hydrogens is 286 g/mol. The minimum absolute atomic E-state index is 0.0519. The largest absolute Gasteiger partial charge is 0.387 e. The van der Waals surface area contributed by atoms with E-state index in [0.29, 0.717) is 26.1 Å². The van der Waals surface area contributed by atoms with Crippen molar-refractivity contribution in [3.05, 3.63) is 10.1 Å². The van der Waals surface area contributed by atoms with Crippen molar-refractivity contribution < 1.29 is 29.3 Å². The highest BCUT2D eigenvalue weighted by molar-refractivity contribution is 5.76. The molecule has 0 bridgehead atoms. The highest BCUT2D eigenvalue weighted by Crippen LogP contribution is 2.28. The van der Waals surface area contributed by atoms with Crippen LogP contribution in [0.25, 0.3) is 0 Å². The first-order chi connectivity index (χ1) is 10.1. The van der Waals surface area contributed by atoms with Crippen molar-refractivity contribution in [1.82, 2.24) is 10.6 Å². The second-order valence-electron chi connectivity index (χ2n) is 4.89. The Bertz CT molecular complexity index is 381. The molecule has 0 aliphatic carbocycles. The summed E-state index contributed by atoms with van der Waals surface area (Å²) < 4.78 is 11.0. The van der Waals surface area contributed by atoms with Crippen LogP contribution in [0.15, 0.2) is 0 Å². The fraction of sp³-hybridized carbons (Fsp3) is 0.909. The number of fused-ring (bicyclic) bond motifs is 1. The van der Waals surface area contributed by atoms with Gasteiger partial charge in [-0.1, -0.05) is 0 Å². The monoisotopic (exact) mass is 305 g/mol. The van der Waals surface area contributed by atoms with Gasteiger partial charge in [0.25, 0.3) is 5.09 Å². The number of nitrogens with one attached hydrogen (secondary N) is 2. The van der Waals surface area contributed by atoms with Gasteiger partial charge in [-0.25, -0.2) is 0 Å². The lowest BCUT2D eigenvalue weighted by molar-refractivity contribution is -0.769. The third-order valence-electron chi connectivity index (χ3n) is 3.46. The van der Waals surface area contributed by atoms with E-state index in [2.05, 4.69) is 15.5 Å². The maximum Gasteiger partial charge on any atom is 0.294 e. The van der Waals surface area contributed by atoms with Crippen LogP contribution in [0.3, 0.4) is 0 Å². The fourth-order valence-corrected chi connectivity index (χ4v) is 2.50. The van der Waals surface area contributed by atoms with Crippen molar-refractivity contribution >= 4 is 5.91 Å². The van der Waals surface area contributed by atoms with Crippen LogP contribution in [-0.2, 0) is 19.1 Å². The van der Waals surface area contributed by atoms with Crippen LogP contribution < -0.4 is 10.6 Å². The van der Waals surface area contributed by atoms with E-state index in [-0.39, 0.29) is 18.8 Å². The number of amides is 1. The molecule has 3 N–H and O–H groups in total. The van der Waals surface area contributed by atoms with Gasteiger partial charge >= 0.3 is 0 Å². The predicted molar refractivity (Wildman–Crippen MR) is 67.9 cm³/mol. The maximum atomic E-state index is 10.8. The normalized spacial score (nSPS) is 30.9. The van der Waals surface area contributed by atoms with E-state index in [1.54, 1.807) is 0 Å². The van der Waals surface area contributed by atoms with Crippen LogP contribution in [0.4, 0.5) is 0 Å². The molecule has 2 saturated heterocycles. The first-order valence-corrected chi connectivity index (χ1v) is 6.77. The number of hydrogen-bond acceptors (Lipinski definition) is 8. The SMILES string of the molecule is O=C(CO)NCCCNC1COC2C(O[N+](=O)[O-])COC12. The van der Waals surface area contributed by atoms with E-state index in [4.69, 9.17) is 14.6 Å². The molecule has 0 saturated carbocycles. The smallest absolute Gasteiger partial charge is 0.294 e. The Balaban J connectivity index is 1.65. The van der Waals surface area contributed by atoms with Gasteiger partial charge in [-0.3, -0.25) is 4.79 Å². The molecule has 10 heteroatoms. The van der Waals surface area contributed by atoms with Gasteiger partial charge < -0.3 is 30.1 Å². The van der Waals surface area contributed by atoms with Crippen LogP contribution >= 0.6 is 0 Å². The Morgan fingerprint density at radius 2 is 2.10 bits per heavy atom. The number of carbonyl (C=O) groups excluding carboxylic acids is 1. The molecule has 0 radical (unpaired) electrons. The molecule has 4 atom stereocenters. The average molecular weight is 305 g/mol. The summed E-state index contributed by atoms with van der Waals surface area (Å²) in [4.78, 5) is 25.7. The second kappa shape index (κ2) is 7.50. The van der Waals surface area contributed by atoms with Gasteiger partial charge in [-0.05, 0) is 13.0 Å². The molecule has 2 aliphatic rings. The van der Waals surface area contributed by atoms with Gasteiger partial charge in [0.1, 0.15) is 18.8 Å². The molecule has 0 spiro atoms. The van der Waals surface area contributed by atoms with Gasteiger partial charge in [0.2, 0.25) is 5.91 Å². The van der Waals surface area contributed by atoms with Gasteiger partial charge in [-0.15, -0.1) is 10.1 Å². The molecule has 120 valence electrons. The number of carbonyl (C=O) groups is 1. The molecule has 0 aromatic carbocycles. The average Bonchev–Trinajstić information content (AvgIpc) is 3.01. The number of nitrogens with zero attached hydrogens (tertiary/aromatic N) is 1. The van der Waals surface area contributed by atoms with Gasteiger partial charge in [0, 0.05) is 6.54 Å². The lowest BCUT2D eigenvalue weighted by Gasteiger charge is -2.17. The molecule has 2 aliphatic heterocycles. The summed E-state index contributed by atoms with van der Waals surface area (Å²) in [5.41, 5.74) is 0. The molecular formula is C11H19N3O7. The summed E-state index contributed by atoms with van der Waals surface area (Å²) in [7, 11) is 0. The Hall–Kier alpha value is -1.49. The number of rotatable bonds is 8. The summed E-state index contributed by atoms with van der Waals surface area (Å²) in [5, 5.41) is 23.8. The van der Waals surface area contributed by atoms with Gasteiger partial charge in [-0.2, -0.15) is 0 Å². The topological polar surface area (TPSA) is 132 Å². The zero-order valence-corrected chi connectivity index (χ0v) is 11.4. The van der Waals surface area contributed by atoms with Gasteiger partial charge in [0.05, 0.1) is 19.3 Å². The van der Waals surface area contributed by atoms with E-state index in [0.717, 1.165) is 0 Å². The van der Waals surface area contributed by atoms with Gasteiger partial charge in [0.15, 0.2) is 6.10 Å². The number of aliphatic hydroxyl groups is 1. The Labute approximate surface area is 120 Å². The Morgan fingerprint density at radius 3 is 2.81 bits per heavy atom. The molecule has 10 nitrogen and oxygen atoms in total. The second-order valence-corrected chi connectivity index (χ2v) is 4.89. The fourth-order valence-electron chi connectivity index (χ4n) is 2.50. The summed E-state index contributed by atoms with van der Waals surface area (Å²) in [6, 6.07) is -0.0519. The number of ether oxygens (including phenoxy) is 2.